The van der Waals surface area contributed by atoms with Crippen LogP contribution in [0, 0.1) is 0 Å². The molecule has 0 amide bonds. The minimum atomic E-state index is -0.306. The fraction of sp³-hybridized carbons (Fsp3) is 0.286. The molecule has 0 bridgehead atoms. The van der Waals surface area contributed by atoms with E-state index in [9.17, 15) is 4.79 Å². The molecule has 1 aliphatic rings. The molecule has 0 saturated heterocycles. The molecule has 25 heavy (non-hydrogen) atoms. The third-order valence-corrected chi connectivity index (χ3v) is 5.57. The van der Waals surface area contributed by atoms with E-state index in [0.29, 0.717) is 5.56 Å². The van der Waals surface area contributed by atoms with E-state index in [0.717, 1.165) is 12.1 Å². The number of hydrogen-bond acceptors (Lipinski definition) is 4. The van der Waals surface area contributed by atoms with Crippen LogP contribution in [0.3, 0.4) is 0 Å². The number of methoxy groups -OCH3 is 1. The number of nitrogens with zero attached hydrogens (tertiary/aromatic N) is 1. The molecule has 1 aliphatic heterocycles. The number of benzene rings is 2. The van der Waals surface area contributed by atoms with Crippen molar-refractivity contribution in [1.82, 2.24) is 0 Å². The number of ether oxygens (including phenoxy) is 1. The Bertz CT molecular complexity index is 796. The number of fused-ring (bicyclic) bond motifs is 1. The highest BCUT2D eigenvalue weighted by molar-refractivity contribution is 7.99. The number of esters is 1. The molecule has 0 aliphatic carbocycles. The van der Waals surface area contributed by atoms with E-state index < -0.39 is 0 Å². The minimum Gasteiger partial charge on any atom is -0.465 e. The molecule has 0 fully saturated rings. The van der Waals surface area contributed by atoms with Gasteiger partial charge in [-0.1, -0.05) is 24.3 Å². The predicted octanol–water partition coefficient (Wildman–Crippen LogP) is 4.97. The van der Waals surface area contributed by atoms with E-state index in [-0.39, 0.29) is 5.97 Å². The second-order valence-electron chi connectivity index (χ2n) is 6.25. The number of thioether (sulfide) groups is 1. The Hall–Kier alpha value is -2.20. The topological polar surface area (TPSA) is 29.5 Å². The van der Waals surface area contributed by atoms with Crippen LogP contribution in [-0.2, 0) is 4.74 Å². The Morgan fingerprint density at radius 1 is 1.16 bits per heavy atom. The van der Waals surface area contributed by atoms with Gasteiger partial charge in [-0.15, -0.1) is 11.8 Å². The maximum Gasteiger partial charge on any atom is 0.337 e. The van der Waals surface area contributed by atoms with Gasteiger partial charge in [-0.05, 0) is 60.1 Å². The van der Waals surface area contributed by atoms with Crippen LogP contribution in [-0.4, -0.2) is 32.4 Å². The number of carbonyl (C=O) groups is 1. The molecule has 0 atom stereocenters. The first kappa shape index (κ1) is 17.6. The molecule has 0 unspecified atom stereocenters. The van der Waals surface area contributed by atoms with Gasteiger partial charge >= 0.3 is 5.97 Å². The fourth-order valence-corrected chi connectivity index (χ4v) is 4.04. The van der Waals surface area contributed by atoms with Crippen molar-refractivity contribution in [2.75, 3.05) is 31.4 Å². The standard InChI is InChI=1S/C21H23NO2S/c1-15(13-16-5-7-17(8-6-16)21(23)24-3)18-9-10-19-20(14-18)25-12-4-11-22(19)2/h5-10,13-14H,4,11-12H2,1-3H3. The molecule has 1 heterocycles. The first-order valence-electron chi connectivity index (χ1n) is 8.43. The molecule has 130 valence electrons. The SMILES string of the molecule is COC(=O)c1ccc(C=C(C)c2ccc3c(c2)SCCCN3C)cc1. The van der Waals surface area contributed by atoms with Crippen molar-refractivity contribution >= 4 is 35.1 Å². The van der Waals surface area contributed by atoms with Crippen molar-refractivity contribution in [3.8, 4) is 0 Å². The van der Waals surface area contributed by atoms with Gasteiger partial charge in [0.15, 0.2) is 0 Å². The molecule has 2 aromatic carbocycles. The van der Waals surface area contributed by atoms with Crippen LogP contribution < -0.4 is 4.90 Å². The summed E-state index contributed by atoms with van der Waals surface area (Å²) < 4.78 is 4.74. The van der Waals surface area contributed by atoms with Gasteiger partial charge in [0.25, 0.3) is 0 Å². The summed E-state index contributed by atoms with van der Waals surface area (Å²) in [7, 11) is 3.56. The lowest BCUT2D eigenvalue weighted by Crippen LogP contribution is -2.17. The predicted molar refractivity (Wildman–Crippen MR) is 106 cm³/mol. The number of rotatable bonds is 3. The minimum absolute atomic E-state index is 0.306. The molecule has 0 spiro atoms. The lowest BCUT2D eigenvalue weighted by molar-refractivity contribution is 0.0600. The zero-order valence-corrected chi connectivity index (χ0v) is 15.7. The monoisotopic (exact) mass is 353 g/mol. The van der Waals surface area contributed by atoms with Gasteiger partial charge < -0.3 is 9.64 Å². The summed E-state index contributed by atoms with van der Waals surface area (Å²) >= 11 is 1.94. The van der Waals surface area contributed by atoms with Crippen molar-refractivity contribution in [2.24, 2.45) is 0 Å². The highest BCUT2D eigenvalue weighted by Crippen LogP contribution is 2.35. The van der Waals surface area contributed by atoms with E-state index >= 15 is 0 Å². The second kappa shape index (κ2) is 7.79. The first-order valence-corrected chi connectivity index (χ1v) is 9.42. The Balaban J connectivity index is 1.85. The maximum atomic E-state index is 11.5. The summed E-state index contributed by atoms with van der Waals surface area (Å²) in [5, 5.41) is 0. The van der Waals surface area contributed by atoms with E-state index in [2.05, 4.69) is 43.1 Å². The Kier molecular flexibility index (Phi) is 5.49. The van der Waals surface area contributed by atoms with E-state index in [1.54, 1.807) is 12.1 Å². The molecule has 0 saturated carbocycles. The zero-order chi connectivity index (χ0) is 17.8. The summed E-state index contributed by atoms with van der Waals surface area (Å²) in [5.41, 5.74) is 5.41. The highest BCUT2D eigenvalue weighted by atomic mass is 32.2. The summed E-state index contributed by atoms with van der Waals surface area (Å²) in [6.07, 6.45) is 3.36. The summed E-state index contributed by atoms with van der Waals surface area (Å²) in [6, 6.07) is 14.2. The van der Waals surface area contributed by atoms with E-state index in [1.807, 2.05) is 23.9 Å². The molecule has 0 N–H and O–H groups in total. The summed E-state index contributed by atoms with van der Waals surface area (Å²) in [5.74, 6) is 0.859. The number of carbonyl (C=O) groups excluding carboxylic acids is 1. The van der Waals surface area contributed by atoms with Crippen molar-refractivity contribution < 1.29 is 9.53 Å². The number of anilines is 1. The lowest BCUT2D eigenvalue weighted by Gasteiger charge is -2.19. The largest absolute Gasteiger partial charge is 0.465 e. The molecule has 0 aromatic heterocycles. The third kappa shape index (κ3) is 4.07. The van der Waals surface area contributed by atoms with Crippen LogP contribution in [0.2, 0.25) is 0 Å². The van der Waals surface area contributed by atoms with Gasteiger partial charge in [0.1, 0.15) is 0 Å². The summed E-state index contributed by atoms with van der Waals surface area (Å²) in [6.45, 7) is 3.24. The van der Waals surface area contributed by atoms with Crippen molar-refractivity contribution in [3.05, 3.63) is 59.2 Å². The molecular formula is C21H23NO2S. The van der Waals surface area contributed by atoms with Crippen LogP contribution >= 0.6 is 11.8 Å². The highest BCUT2D eigenvalue weighted by Gasteiger charge is 2.13. The van der Waals surface area contributed by atoms with Gasteiger partial charge in [0.05, 0.1) is 18.4 Å². The van der Waals surface area contributed by atoms with Gasteiger partial charge in [0, 0.05) is 18.5 Å². The van der Waals surface area contributed by atoms with E-state index in [4.69, 9.17) is 4.74 Å². The Morgan fingerprint density at radius 2 is 1.88 bits per heavy atom. The summed E-state index contributed by atoms with van der Waals surface area (Å²) in [4.78, 5) is 15.2. The smallest absolute Gasteiger partial charge is 0.337 e. The maximum absolute atomic E-state index is 11.5. The third-order valence-electron chi connectivity index (χ3n) is 4.44. The first-order chi connectivity index (χ1) is 12.1. The average molecular weight is 353 g/mol. The van der Waals surface area contributed by atoms with Gasteiger partial charge in [-0.2, -0.15) is 0 Å². The molecule has 3 rings (SSSR count). The van der Waals surface area contributed by atoms with Crippen LogP contribution in [0.4, 0.5) is 5.69 Å². The molecule has 3 nitrogen and oxygen atoms in total. The molecular weight excluding hydrogens is 330 g/mol. The number of allylic oxidation sites excluding steroid dienone is 1. The van der Waals surface area contributed by atoms with Crippen molar-refractivity contribution in [1.29, 1.82) is 0 Å². The lowest BCUT2D eigenvalue weighted by atomic mass is 10.0. The molecule has 0 radical (unpaired) electrons. The van der Waals surface area contributed by atoms with Crippen molar-refractivity contribution in [3.63, 3.8) is 0 Å². The Labute approximate surface area is 153 Å². The molecule has 2 aromatic rings. The second-order valence-corrected chi connectivity index (χ2v) is 7.38. The van der Waals surface area contributed by atoms with Crippen molar-refractivity contribution in [2.45, 2.75) is 18.2 Å². The average Bonchev–Trinajstić information content (AvgIpc) is 2.82. The van der Waals surface area contributed by atoms with E-state index in [1.165, 1.54) is 41.0 Å². The van der Waals surface area contributed by atoms with Gasteiger partial charge in [-0.3, -0.25) is 0 Å². The quantitative estimate of drug-likeness (QED) is 0.576. The number of hydrogen-bond donors (Lipinski definition) is 0. The van der Waals surface area contributed by atoms with Gasteiger partial charge in [-0.25, -0.2) is 4.79 Å². The normalized spacial score (nSPS) is 14.7. The van der Waals surface area contributed by atoms with Crippen LogP contribution in [0.15, 0.2) is 47.4 Å². The van der Waals surface area contributed by atoms with Gasteiger partial charge in [0.2, 0.25) is 0 Å². The van der Waals surface area contributed by atoms with Crippen LogP contribution in [0.25, 0.3) is 11.6 Å². The molecule has 4 heteroatoms. The Morgan fingerprint density at radius 3 is 2.60 bits per heavy atom. The zero-order valence-electron chi connectivity index (χ0n) is 14.9. The van der Waals surface area contributed by atoms with Crippen LogP contribution in [0.5, 0.6) is 0 Å². The fourth-order valence-electron chi connectivity index (χ4n) is 2.96. The van der Waals surface area contributed by atoms with Crippen LogP contribution in [0.1, 0.15) is 34.8 Å².